The van der Waals surface area contributed by atoms with E-state index < -0.39 is 0 Å². The van der Waals surface area contributed by atoms with Gasteiger partial charge in [0.15, 0.2) is 0 Å². The Balaban J connectivity index is 3.56. The fraction of sp³-hybridized carbons (Fsp3) is 0.750. The van der Waals surface area contributed by atoms with Crippen LogP contribution in [0.15, 0.2) is 0 Å². The molecule has 5 nitrogen and oxygen atoms in total. The van der Waals surface area contributed by atoms with Gasteiger partial charge in [0.1, 0.15) is 0 Å². The molecule has 2 amide bonds. The third-order valence-electron chi connectivity index (χ3n) is 1.87. The number of rotatable bonds is 6. The third-order valence-corrected chi connectivity index (χ3v) is 1.87. The van der Waals surface area contributed by atoms with Gasteiger partial charge in [0, 0.05) is 24.9 Å². The number of hydrogen-bond donors (Lipinski definition) is 3. The van der Waals surface area contributed by atoms with Gasteiger partial charge in [-0.1, -0.05) is 13.8 Å². The highest BCUT2D eigenvalue weighted by Gasteiger charge is 2.11. The Morgan fingerprint density at radius 2 is 1.38 bits per heavy atom. The van der Waals surface area contributed by atoms with Crippen LogP contribution in [0.25, 0.3) is 0 Å². The van der Waals surface area contributed by atoms with Crippen LogP contribution in [0.5, 0.6) is 0 Å². The Kier molecular flexibility index (Phi) is 5.06. The zero-order chi connectivity index (χ0) is 10.4. The molecule has 0 saturated heterocycles. The number of amides is 2. The van der Waals surface area contributed by atoms with Gasteiger partial charge in [0.05, 0.1) is 0 Å². The van der Waals surface area contributed by atoms with Crippen LogP contribution in [0.2, 0.25) is 0 Å². The van der Waals surface area contributed by atoms with Crippen molar-refractivity contribution in [3.8, 4) is 0 Å². The molecule has 0 aliphatic rings. The number of nitrogens with two attached hydrogens (primary N) is 2. The highest BCUT2D eigenvalue weighted by Crippen LogP contribution is 1.93. The molecule has 0 rings (SSSR count). The summed E-state index contributed by atoms with van der Waals surface area (Å²) in [6.07, 6.45) is 0. The summed E-state index contributed by atoms with van der Waals surface area (Å²) in [6, 6.07) is 0. The molecule has 0 saturated carbocycles. The van der Waals surface area contributed by atoms with Gasteiger partial charge in [0.2, 0.25) is 11.8 Å². The minimum Gasteiger partial charge on any atom is -0.369 e. The largest absolute Gasteiger partial charge is 0.369 e. The van der Waals surface area contributed by atoms with E-state index in [1.54, 1.807) is 13.8 Å². The van der Waals surface area contributed by atoms with E-state index in [4.69, 9.17) is 11.5 Å². The third kappa shape index (κ3) is 5.19. The van der Waals surface area contributed by atoms with Crippen LogP contribution in [0.4, 0.5) is 0 Å². The number of carbonyl (C=O) groups is 2. The lowest BCUT2D eigenvalue weighted by molar-refractivity contribution is -0.121. The first kappa shape index (κ1) is 11.9. The van der Waals surface area contributed by atoms with Crippen LogP contribution < -0.4 is 16.8 Å². The first-order valence-electron chi connectivity index (χ1n) is 4.24. The summed E-state index contributed by atoms with van der Waals surface area (Å²) in [6.45, 7) is 4.41. The first-order chi connectivity index (χ1) is 5.95. The Morgan fingerprint density at radius 3 is 1.62 bits per heavy atom. The topological polar surface area (TPSA) is 98.2 Å². The Morgan fingerprint density at radius 1 is 1.08 bits per heavy atom. The molecule has 2 unspecified atom stereocenters. The lowest BCUT2D eigenvalue weighted by Gasteiger charge is -2.11. The van der Waals surface area contributed by atoms with Gasteiger partial charge in [-0.3, -0.25) is 9.59 Å². The molecule has 2 atom stereocenters. The number of carbonyl (C=O) groups excluding carboxylic acids is 2. The summed E-state index contributed by atoms with van der Waals surface area (Å²) in [5.74, 6) is -1.14. The van der Waals surface area contributed by atoms with Crippen molar-refractivity contribution in [2.24, 2.45) is 23.3 Å². The zero-order valence-corrected chi connectivity index (χ0v) is 8.04. The van der Waals surface area contributed by atoms with Crippen LogP contribution in [0.1, 0.15) is 13.8 Å². The normalized spacial score (nSPS) is 14.9. The van der Waals surface area contributed by atoms with Gasteiger partial charge in [-0.25, -0.2) is 0 Å². The molecule has 0 aromatic heterocycles. The van der Waals surface area contributed by atoms with Crippen LogP contribution in [0.3, 0.4) is 0 Å². The second kappa shape index (κ2) is 5.53. The Hall–Kier alpha value is -1.10. The van der Waals surface area contributed by atoms with Gasteiger partial charge in [0.25, 0.3) is 0 Å². The molecule has 76 valence electrons. The molecule has 0 bridgehead atoms. The standard InChI is InChI=1S/C8H17N3O2/c1-5(7(9)12)3-11-4-6(2)8(10)13/h5-6,11H,3-4H2,1-2H3,(H2,9,12)(H2,10,13). The average molecular weight is 187 g/mol. The summed E-state index contributed by atoms with van der Waals surface area (Å²) in [4.78, 5) is 21.2. The molecule has 0 heterocycles. The quantitative estimate of drug-likeness (QED) is 0.488. The molecule has 0 aromatic carbocycles. The Bertz CT molecular complexity index is 174. The summed E-state index contributed by atoms with van der Waals surface area (Å²) in [5.41, 5.74) is 10.1. The summed E-state index contributed by atoms with van der Waals surface area (Å²) >= 11 is 0. The number of nitrogens with one attached hydrogen (secondary N) is 1. The van der Waals surface area contributed by atoms with Crippen molar-refractivity contribution in [3.05, 3.63) is 0 Å². The maximum atomic E-state index is 10.6. The van der Waals surface area contributed by atoms with E-state index in [1.165, 1.54) is 0 Å². The molecule has 0 aliphatic heterocycles. The molecule has 0 spiro atoms. The van der Waals surface area contributed by atoms with E-state index in [0.29, 0.717) is 13.1 Å². The maximum Gasteiger partial charge on any atom is 0.221 e. The molecule has 0 radical (unpaired) electrons. The minimum absolute atomic E-state index is 0.222. The second-order valence-corrected chi connectivity index (χ2v) is 3.27. The summed E-state index contributed by atoms with van der Waals surface area (Å²) in [7, 11) is 0. The Labute approximate surface area is 77.8 Å². The predicted molar refractivity (Wildman–Crippen MR) is 49.6 cm³/mol. The molecule has 5 heteroatoms. The van der Waals surface area contributed by atoms with E-state index in [9.17, 15) is 9.59 Å². The fourth-order valence-corrected chi connectivity index (χ4v) is 0.718. The molecule has 0 aromatic rings. The molecule has 5 N–H and O–H groups in total. The second-order valence-electron chi connectivity index (χ2n) is 3.27. The maximum absolute atomic E-state index is 10.6. The van der Waals surface area contributed by atoms with Gasteiger partial charge in [-0.05, 0) is 0 Å². The van der Waals surface area contributed by atoms with Crippen molar-refractivity contribution >= 4 is 11.8 Å². The molecule has 0 aliphatic carbocycles. The van der Waals surface area contributed by atoms with Crippen LogP contribution in [0, 0.1) is 11.8 Å². The number of hydrogen-bond acceptors (Lipinski definition) is 3. The summed E-state index contributed by atoms with van der Waals surface area (Å²) in [5, 5.41) is 2.95. The molecule has 0 fully saturated rings. The highest BCUT2D eigenvalue weighted by molar-refractivity contribution is 5.77. The van der Waals surface area contributed by atoms with Crippen molar-refractivity contribution in [3.63, 3.8) is 0 Å². The van der Waals surface area contributed by atoms with E-state index in [0.717, 1.165) is 0 Å². The lowest BCUT2D eigenvalue weighted by atomic mass is 10.1. The predicted octanol–water partition coefficient (Wildman–Crippen LogP) is -1.18. The lowest BCUT2D eigenvalue weighted by Crippen LogP contribution is -2.36. The molecule has 13 heavy (non-hydrogen) atoms. The van der Waals surface area contributed by atoms with Crippen molar-refractivity contribution in [1.29, 1.82) is 0 Å². The molecular formula is C8H17N3O2. The van der Waals surface area contributed by atoms with E-state index in [-0.39, 0.29) is 23.7 Å². The van der Waals surface area contributed by atoms with Crippen LogP contribution in [-0.4, -0.2) is 24.9 Å². The van der Waals surface area contributed by atoms with Crippen LogP contribution in [-0.2, 0) is 9.59 Å². The average Bonchev–Trinajstić information content (AvgIpc) is 2.03. The zero-order valence-electron chi connectivity index (χ0n) is 8.04. The van der Waals surface area contributed by atoms with Gasteiger partial charge < -0.3 is 16.8 Å². The first-order valence-corrected chi connectivity index (χ1v) is 4.24. The fourth-order valence-electron chi connectivity index (χ4n) is 0.718. The van der Waals surface area contributed by atoms with Gasteiger partial charge >= 0.3 is 0 Å². The van der Waals surface area contributed by atoms with Crippen LogP contribution >= 0.6 is 0 Å². The van der Waals surface area contributed by atoms with Crippen molar-refractivity contribution in [1.82, 2.24) is 5.32 Å². The SMILES string of the molecule is CC(CNCC(C)C(N)=O)C(N)=O. The van der Waals surface area contributed by atoms with Crippen molar-refractivity contribution < 1.29 is 9.59 Å². The smallest absolute Gasteiger partial charge is 0.221 e. The van der Waals surface area contributed by atoms with Crippen molar-refractivity contribution in [2.75, 3.05) is 13.1 Å². The minimum atomic E-state index is -0.348. The van der Waals surface area contributed by atoms with E-state index in [2.05, 4.69) is 5.32 Å². The number of primary amides is 2. The van der Waals surface area contributed by atoms with Gasteiger partial charge in [-0.15, -0.1) is 0 Å². The van der Waals surface area contributed by atoms with E-state index >= 15 is 0 Å². The monoisotopic (exact) mass is 187 g/mol. The summed E-state index contributed by atoms with van der Waals surface area (Å²) < 4.78 is 0. The van der Waals surface area contributed by atoms with E-state index in [1.807, 2.05) is 0 Å². The molecular weight excluding hydrogens is 170 g/mol. The van der Waals surface area contributed by atoms with Gasteiger partial charge in [-0.2, -0.15) is 0 Å². The highest BCUT2D eigenvalue weighted by atomic mass is 16.1. The van der Waals surface area contributed by atoms with Crippen molar-refractivity contribution in [2.45, 2.75) is 13.8 Å².